The van der Waals surface area contributed by atoms with Gasteiger partial charge < -0.3 is 0 Å². The van der Waals surface area contributed by atoms with Gasteiger partial charge in [0.05, 0.1) is 19.0 Å². The maximum atomic E-state index is 17.4. The number of hydrogen-bond acceptors (Lipinski definition) is 0. The zero-order valence-corrected chi connectivity index (χ0v) is 19.0. The van der Waals surface area contributed by atoms with Crippen molar-refractivity contribution in [1.82, 2.24) is 0 Å². The third kappa shape index (κ3) is 3.72. The van der Waals surface area contributed by atoms with Crippen LogP contribution in [0.4, 0.5) is 70.2 Å². The Morgan fingerprint density at radius 2 is 0.780 bits per heavy atom. The van der Waals surface area contributed by atoms with E-state index < -0.39 is 139 Å². The minimum atomic E-state index is -6.12. The van der Waals surface area contributed by atoms with Crippen LogP contribution in [0.3, 0.4) is 0 Å². The minimum absolute atomic E-state index is 0.620. The van der Waals surface area contributed by atoms with E-state index in [0.29, 0.717) is 0 Å². The Hall–Kier alpha value is -3.66. The molecule has 41 heavy (non-hydrogen) atoms. The summed E-state index contributed by atoms with van der Waals surface area (Å²) in [7, 11) is 5.39. The number of halogens is 16. The second-order valence-electron chi connectivity index (χ2n) is 8.66. The SMILES string of the molecule is [B]C1(c2c(F)c(F)cc(F)c2F)C=C(F)C(F)C(F)(c2c(F)c(F)cc(F)c2F)C1(F)c1c(F)c(F)cc(F)c1F. The largest absolute Gasteiger partial charge is 0.236 e. The van der Waals surface area contributed by atoms with Gasteiger partial charge in [-0.15, -0.1) is 0 Å². The van der Waals surface area contributed by atoms with E-state index >= 15 is 13.2 Å². The van der Waals surface area contributed by atoms with E-state index in [1.54, 1.807) is 0 Å². The van der Waals surface area contributed by atoms with Crippen LogP contribution in [0.2, 0.25) is 0 Å². The van der Waals surface area contributed by atoms with Crippen LogP contribution in [-0.2, 0) is 16.7 Å². The number of hydrogen-bond donors (Lipinski definition) is 0. The van der Waals surface area contributed by atoms with Crippen LogP contribution in [0.5, 0.6) is 0 Å². The minimum Gasteiger partial charge on any atom is -0.236 e. The fraction of sp³-hybridized carbons (Fsp3) is 0.167. The lowest BCUT2D eigenvalue weighted by molar-refractivity contribution is -0.133. The molecule has 0 aromatic heterocycles. The molecule has 4 atom stereocenters. The van der Waals surface area contributed by atoms with Gasteiger partial charge in [-0.1, -0.05) is 0 Å². The molecule has 3 aromatic carbocycles. The van der Waals surface area contributed by atoms with Gasteiger partial charge >= 0.3 is 0 Å². The zero-order chi connectivity index (χ0) is 31.1. The highest BCUT2D eigenvalue weighted by Gasteiger charge is 2.76. The van der Waals surface area contributed by atoms with Crippen LogP contribution in [0.1, 0.15) is 16.7 Å². The van der Waals surface area contributed by atoms with Gasteiger partial charge in [0.2, 0.25) is 5.67 Å². The predicted molar refractivity (Wildman–Crippen MR) is 106 cm³/mol. The summed E-state index contributed by atoms with van der Waals surface area (Å²) in [6.07, 6.45) is -5.76. The molecule has 4 rings (SSSR count). The maximum Gasteiger partial charge on any atom is 0.217 e. The molecule has 2 radical (unpaired) electrons. The molecular weight excluding hydrogens is 603 g/mol. The molecule has 4 unspecified atom stereocenters. The molecule has 0 fully saturated rings. The maximum absolute atomic E-state index is 17.4. The number of alkyl halides is 3. The highest BCUT2D eigenvalue weighted by molar-refractivity contribution is 6.19. The van der Waals surface area contributed by atoms with Gasteiger partial charge in [-0.2, -0.15) is 0 Å². The summed E-state index contributed by atoms with van der Waals surface area (Å²) in [6, 6.07) is -2.04. The van der Waals surface area contributed by atoms with Crippen molar-refractivity contribution in [1.29, 1.82) is 0 Å². The summed E-state index contributed by atoms with van der Waals surface area (Å²) in [5, 5.41) is -5.02. The van der Waals surface area contributed by atoms with Crippen molar-refractivity contribution in [2.24, 2.45) is 0 Å². The topological polar surface area (TPSA) is 0 Å². The molecule has 0 saturated heterocycles. The smallest absolute Gasteiger partial charge is 0.217 e. The van der Waals surface area contributed by atoms with Crippen LogP contribution in [0, 0.1) is 69.8 Å². The fourth-order valence-electron chi connectivity index (χ4n) is 4.69. The van der Waals surface area contributed by atoms with Crippen molar-refractivity contribution < 1.29 is 70.2 Å². The van der Waals surface area contributed by atoms with Gasteiger partial charge in [0, 0.05) is 29.1 Å². The Balaban J connectivity index is 2.41. The molecule has 0 aliphatic heterocycles. The lowest BCUT2D eigenvalue weighted by atomic mass is 9.45. The fourth-order valence-corrected chi connectivity index (χ4v) is 4.69. The molecule has 0 spiro atoms. The number of allylic oxidation sites excluding steroid dienone is 2. The van der Waals surface area contributed by atoms with E-state index in [9.17, 15) is 57.1 Å². The van der Waals surface area contributed by atoms with Crippen LogP contribution < -0.4 is 0 Å². The molecular formula is C24H5BF16. The molecule has 1 aliphatic rings. The molecule has 0 saturated carbocycles. The van der Waals surface area contributed by atoms with Gasteiger partial charge in [-0.25, -0.2) is 70.2 Å². The molecule has 1 aliphatic carbocycles. The Kier molecular flexibility index (Phi) is 6.98. The van der Waals surface area contributed by atoms with Crippen LogP contribution in [0.25, 0.3) is 0 Å². The van der Waals surface area contributed by atoms with Gasteiger partial charge in [0.1, 0.15) is 5.83 Å². The molecule has 216 valence electrons. The Labute approximate surface area is 218 Å². The molecule has 0 nitrogen and oxygen atoms in total. The Morgan fingerprint density at radius 1 is 0.488 bits per heavy atom. The van der Waals surface area contributed by atoms with Crippen molar-refractivity contribution in [3.63, 3.8) is 0 Å². The second-order valence-corrected chi connectivity index (χ2v) is 8.66. The first-order valence-electron chi connectivity index (χ1n) is 10.5. The molecule has 0 heterocycles. The van der Waals surface area contributed by atoms with Gasteiger partial charge in [0.15, 0.2) is 81.6 Å². The second kappa shape index (κ2) is 9.44. The van der Waals surface area contributed by atoms with Crippen LogP contribution in [0.15, 0.2) is 30.1 Å². The summed E-state index contributed by atoms with van der Waals surface area (Å²) in [5.41, 5.74) is -21.6. The van der Waals surface area contributed by atoms with E-state index in [1.807, 2.05) is 0 Å². The molecule has 0 N–H and O–H groups in total. The van der Waals surface area contributed by atoms with Gasteiger partial charge in [0.25, 0.3) is 0 Å². The van der Waals surface area contributed by atoms with Crippen molar-refractivity contribution in [2.75, 3.05) is 0 Å². The summed E-state index contributed by atoms with van der Waals surface area (Å²) >= 11 is 0. The standard InChI is InChI=1S/C24H5BF16/c25-22(12-15(33)5(26)1-6(27)16(12)34)4-11(32)21(39)23(40,13-17(35)7(28)2-8(29)18(13)36)24(22,41)14-19(37)9(30)3-10(31)20(14)38/h1-4,21H. The first-order valence-corrected chi connectivity index (χ1v) is 10.5. The zero-order valence-electron chi connectivity index (χ0n) is 19.0. The van der Waals surface area contributed by atoms with Crippen LogP contribution in [-0.4, -0.2) is 14.0 Å². The monoisotopic (exact) mass is 608 g/mol. The van der Waals surface area contributed by atoms with Gasteiger partial charge in [-0.3, -0.25) is 0 Å². The lowest BCUT2D eigenvalue weighted by Gasteiger charge is -2.53. The highest BCUT2D eigenvalue weighted by Crippen LogP contribution is 2.65. The van der Waals surface area contributed by atoms with E-state index in [1.165, 1.54) is 0 Å². The van der Waals surface area contributed by atoms with Crippen molar-refractivity contribution in [2.45, 2.75) is 22.8 Å². The van der Waals surface area contributed by atoms with E-state index in [2.05, 4.69) is 0 Å². The predicted octanol–water partition coefficient (Wildman–Crippen LogP) is 7.65. The molecule has 3 aromatic rings. The first kappa shape index (κ1) is 30.3. The van der Waals surface area contributed by atoms with E-state index in [0.717, 1.165) is 0 Å². The summed E-state index contributed by atoms with van der Waals surface area (Å²) in [5.74, 6) is -37.6. The average molecular weight is 608 g/mol. The Bertz CT molecular complexity index is 1580. The molecule has 17 heteroatoms. The van der Waals surface area contributed by atoms with Crippen molar-refractivity contribution in [3.05, 3.63) is 117 Å². The highest BCUT2D eigenvalue weighted by atomic mass is 19.2. The lowest BCUT2D eigenvalue weighted by Crippen LogP contribution is -2.65. The summed E-state index contributed by atoms with van der Waals surface area (Å²) in [4.78, 5) is 0. The number of rotatable bonds is 3. The van der Waals surface area contributed by atoms with Gasteiger partial charge in [-0.05, 0) is 6.08 Å². The summed E-state index contributed by atoms with van der Waals surface area (Å²) in [6.45, 7) is 0. The quantitative estimate of drug-likeness (QED) is 0.163. The third-order valence-electron chi connectivity index (χ3n) is 6.49. The van der Waals surface area contributed by atoms with Crippen molar-refractivity contribution in [3.8, 4) is 0 Å². The third-order valence-corrected chi connectivity index (χ3v) is 6.49. The van der Waals surface area contributed by atoms with E-state index in [-0.39, 0.29) is 0 Å². The summed E-state index contributed by atoms with van der Waals surface area (Å²) < 4.78 is 238. The van der Waals surface area contributed by atoms with E-state index in [4.69, 9.17) is 7.85 Å². The average Bonchev–Trinajstić information content (AvgIpc) is 2.88. The number of benzene rings is 3. The normalized spacial score (nSPS) is 26.3. The molecule has 0 amide bonds. The Morgan fingerprint density at radius 3 is 1.12 bits per heavy atom. The van der Waals surface area contributed by atoms with Crippen molar-refractivity contribution >= 4 is 7.85 Å². The first-order chi connectivity index (χ1) is 18.8. The van der Waals surface area contributed by atoms with Crippen LogP contribution >= 0.6 is 0 Å². The molecule has 0 bridgehead atoms.